The fourth-order valence-electron chi connectivity index (χ4n) is 2.51. The molecule has 20 heavy (non-hydrogen) atoms. The van der Waals surface area contributed by atoms with Crippen LogP contribution >= 0.6 is 0 Å². The molecule has 2 atom stereocenters. The molecule has 5 heteroatoms. The highest BCUT2D eigenvalue weighted by Gasteiger charge is 2.20. The van der Waals surface area contributed by atoms with Crippen molar-refractivity contribution in [2.75, 3.05) is 26.2 Å². The molecule has 112 valence electrons. The second-order valence-corrected chi connectivity index (χ2v) is 5.24. The van der Waals surface area contributed by atoms with E-state index < -0.39 is 17.7 Å². The van der Waals surface area contributed by atoms with E-state index in [1.807, 2.05) is 0 Å². The van der Waals surface area contributed by atoms with E-state index in [-0.39, 0.29) is 11.7 Å². The van der Waals surface area contributed by atoms with Gasteiger partial charge >= 0.3 is 0 Å². The van der Waals surface area contributed by atoms with Gasteiger partial charge in [0.2, 0.25) is 0 Å². The average molecular weight is 284 g/mol. The summed E-state index contributed by atoms with van der Waals surface area (Å²) in [5.41, 5.74) is 6.24. The lowest BCUT2D eigenvalue weighted by atomic mass is 10.0. The molecule has 3 nitrogen and oxygen atoms in total. The molecule has 2 rings (SSSR count). The summed E-state index contributed by atoms with van der Waals surface area (Å²) in [6.45, 7) is 5.35. The van der Waals surface area contributed by atoms with E-state index in [0.29, 0.717) is 6.42 Å². The van der Waals surface area contributed by atoms with Gasteiger partial charge in [0.1, 0.15) is 0 Å². The molecule has 0 radical (unpaired) electrons. The summed E-state index contributed by atoms with van der Waals surface area (Å²) >= 11 is 0. The number of hydrogen-bond acceptors (Lipinski definition) is 3. The normalized spacial score (nSPS) is 21.9. The predicted octanol–water partition coefficient (Wildman–Crippen LogP) is 2.47. The van der Waals surface area contributed by atoms with E-state index in [4.69, 9.17) is 10.5 Å². The number of hydrogen-bond donors (Lipinski definition) is 1. The van der Waals surface area contributed by atoms with Crippen LogP contribution in [0.3, 0.4) is 0 Å². The van der Waals surface area contributed by atoms with Crippen LogP contribution in [0.4, 0.5) is 8.78 Å². The molecule has 0 amide bonds. The number of benzene rings is 1. The van der Waals surface area contributed by atoms with Crippen molar-refractivity contribution in [2.24, 2.45) is 5.73 Å². The Balaban J connectivity index is 1.88. The predicted molar refractivity (Wildman–Crippen MR) is 74.4 cm³/mol. The number of morpholine rings is 1. The minimum atomic E-state index is -0.838. The number of nitrogens with two attached hydrogens (primary N) is 1. The molecule has 0 spiro atoms. The van der Waals surface area contributed by atoms with Gasteiger partial charge in [-0.25, -0.2) is 8.78 Å². The molecule has 0 aromatic heterocycles. The van der Waals surface area contributed by atoms with Crippen molar-refractivity contribution in [2.45, 2.75) is 31.9 Å². The van der Waals surface area contributed by atoms with Crippen molar-refractivity contribution in [3.63, 3.8) is 0 Å². The minimum Gasteiger partial charge on any atom is -0.376 e. The van der Waals surface area contributed by atoms with Gasteiger partial charge in [-0.05, 0) is 18.9 Å². The maximum absolute atomic E-state index is 13.6. The molecule has 0 saturated carbocycles. The van der Waals surface area contributed by atoms with Crippen molar-refractivity contribution in [1.82, 2.24) is 4.90 Å². The Labute approximate surface area is 118 Å². The van der Waals surface area contributed by atoms with Crippen LogP contribution in [0.2, 0.25) is 0 Å². The van der Waals surface area contributed by atoms with Crippen molar-refractivity contribution >= 4 is 0 Å². The van der Waals surface area contributed by atoms with Crippen molar-refractivity contribution < 1.29 is 13.5 Å². The summed E-state index contributed by atoms with van der Waals surface area (Å²) in [7, 11) is 0. The van der Waals surface area contributed by atoms with Crippen molar-refractivity contribution in [1.29, 1.82) is 0 Å². The van der Waals surface area contributed by atoms with E-state index in [1.165, 1.54) is 6.07 Å². The molecule has 1 fully saturated rings. The lowest BCUT2D eigenvalue weighted by Gasteiger charge is -2.33. The number of ether oxygens (including phenoxy) is 1. The first-order valence-corrected chi connectivity index (χ1v) is 7.15. The van der Waals surface area contributed by atoms with Crippen molar-refractivity contribution in [3.8, 4) is 0 Å². The third-order valence-corrected chi connectivity index (χ3v) is 3.82. The molecule has 1 aromatic rings. The van der Waals surface area contributed by atoms with Crippen LogP contribution in [0.15, 0.2) is 18.2 Å². The molecule has 2 N–H and O–H groups in total. The Morgan fingerprint density at radius 3 is 3.00 bits per heavy atom. The SMILES string of the molecule is CCC1CN(CCC(N)c2cccc(F)c2F)CCO1. The molecule has 1 aliphatic rings. The van der Waals surface area contributed by atoms with Gasteiger partial charge in [0.15, 0.2) is 11.6 Å². The van der Waals surface area contributed by atoms with Gasteiger partial charge < -0.3 is 10.5 Å². The van der Waals surface area contributed by atoms with Gasteiger partial charge in [-0.15, -0.1) is 0 Å². The fourth-order valence-corrected chi connectivity index (χ4v) is 2.51. The van der Waals surface area contributed by atoms with Crippen LogP contribution in [0.1, 0.15) is 31.4 Å². The summed E-state index contributed by atoms with van der Waals surface area (Å²) in [5, 5.41) is 0. The van der Waals surface area contributed by atoms with Crippen molar-refractivity contribution in [3.05, 3.63) is 35.4 Å². The third kappa shape index (κ3) is 3.75. The van der Waals surface area contributed by atoms with E-state index in [0.717, 1.165) is 38.7 Å². The Hall–Kier alpha value is -1.04. The van der Waals surface area contributed by atoms with E-state index in [1.54, 1.807) is 6.07 Å². The summed E-state index contributed by atoms with van der Waals surface area (Å²) in [5.74, 6) is -1.66. The van der Waals surface area contributed by atoms with Crippen LogP contribution < -0.4 is 5.73 Å². The first-order valence-electron chi connectivity index (χ1n) is 7.15. The lowest BCUT2D eigenvalue weighted by molar-refractivity contribution is -0.0303. The average Bonchev–Trinajstić information content (AvgIpc) is 2.48. The molecule has 1 heterocycles. The Morgan fingerprint density at radius 2 is 2.25 bits per heavy atom. The van der Waals surface area contributed by atoms with Gasteiger partial charge in [-0.1, -0.05) is 19.1 Å². The summed E-state index contributed by atoms with van der Waals surface area (Å²) in [6, 6.07) is 3.68. The Bertz CT molecular complexity index is 442. The van der Waals surface area contributed by atoms with E-state index in [2.05, 4.69) is 11.8 Å². The first-order chi connectivity index (χ1) is 9.61. The summed E-state index contributed by atoms with van der Waals surface area (Å²) in [6.07, 6.45) is 1.86. The van der Waals surface area contributed by atoms with E-state index >= 15 is 0 Å². The second kappa shape index (κ2) is 7.11. The second-order valence-electron chi connectivity index (χ2n) is 5.24. The summed E-state index contributed by atoms with van der Waals surface area (Å²) in [4.78, 5) is 2.27. The zero-order chi connectivity index (χ0) is 14.5. The maximum Gasteiger partial charge on any atom is 0.163 e. The van der Waals surface area contributed by atoms with Gasteiger partial charge in [0.25, 0.3) is 0 Å². The third-order valence-electron chi connectivity index (χ3n) is 3.82. The molecule has 2 unspecified atom stereocenters. The molecule has 0 aliphatic carbocycles. The van der Waals surface area contributed by atoms with Crippen LogP contribution in [-0.2, 0) is 4.74 Å². The quantitative estimate of drug-likeness (QED) is 0.902. The highest BCUT2D eigenvalue weighted by Crippen LogP contribution is 2.20. The molecule has 0 bridgehead atoms. The van der Waals surface area contributed by atoms with Gasteiger partial charge in [0, 0.05) is 31.2 Å². The Kier molecular flexibility index (Phi) is 5.46. The lowest BCUT2D eigenvalue weighted by Crippen LogP contribution is -2.43. The maximum atomic E-state index is 13.6. The minimum absolute atomic E-state index is 0.255. The standard InChI is InChI=1S/C15H22F2N2O/c1-2-11-10-19(8-9-20-11)7-6-14(18)12-4-3-5-13(16)15(12)17/h3-5,11,14H,2,6-10,18H2,1H3. The first kappa shape index (κ1) is 15.4. The van der Waals surface area contributed by atoms with Crippen LogP contribution in [-0.4, -0.2) is 37.2 Å². The van der Waals surface area contributed by atoms with Gasteiger partial charge in [0.05, 0.1) is 12.7 Å². The number of nitrogens with zero attached hydrogens (tertiary/aromatic N) is 1. The molecule has 1 aliphatic heterocycles. The topological polar surface area (TPSA) is 38.5 Å². The zero-order valence-corrected chi connectivity index (χ0v) is 11.8. The van der Waals surface area contributed by atoms with Crippen LogP contribution in [0, 0.1) is 11.6 Å². The molecular formula is C15H22F2N2O. The van der Waals surface area contributed by atoms with Gasteiger partial charge in [-0.2, -0.15) is 0 Å². The number of rotatable bonds is 5. The molecule has 1 saturated heterocycles. The van der Waals surface area contributed by atoms with Crippen LogP contribution in [0.5, 0.6) is 0 Å². The highest BCUT2D eigenvalue weighted by molar-refractivity contribution is 5.22. The summed E-state index contributed by atoms with van der Waals surface area (Å²) < 4.78 is 32.4. The van der Waals surface area contributed by atoms with Gasteiger partial charge in [-0.3, -0.25) is 4.90 Å². The Morgan fingerprint density at radius 1 is 1.45 bits per heavy atom. The molecular weight excluding hydrogens is 262 g/mol. The fraction of sp³-hybridized carbons (Fsp3) is 0.600. The zero-order valence-electron chi connectivity index (χ0n) is 11.8. The highest BCUT2D eigenvalue weighted by atomic mass is 19.2. The molecule has 1 aromatic carbocycles. The monoisotopic (exact) mass is 284 g/mol. The van der Waals surface area contributed by atoms with Crippen LogP contribution in [0.25, 0.3) is 0 Å². The number of halogens is 2. The van der Waals surface area contributed by atoms with E-state index in [9.17, 15) is 8.78 Å². The largest absolute Gasteiger partial charge is 0.376 e. The smallest absolute Gasteiger partial charge is 0.163 e.